The van der Waals surface area contributed by atoms with Crippen molar-refractivity contribution < 1.29 is 22.8 Å². The molecule has 3 aromatic rings. The van der Waals surface area contributed by atoms with E-state index in [0.717, 1.165) is 6.07 Å². The second-order valence-electron chi connectivity index (χ2n) is 7.48. The normalized spacial score (nSPS) is 18.3. The lowest BCUT2D eigenvalue weighted by Gasteiger charge is -2.28. The first-order valence-corrected chi connectivity index (χ1v) is 9.96. The van der Waals surface area contributed by atoms with Gasteiger partial charge in [-0.1, -0.05) is 17.7 Å². The number of ketones is 1. The fourth-order valence-electron chi connectivity index (χ4n) is 3.81. The molecule has 0 fully saturated rings. The number of nitrogens with one attached hydrogen (secondary N) is 1. The van der Waals surface area contributed by atoms with Crippen molar-refractivity contribution in [2.24, 2.45) is 0 Å². The number of benzene rings is 1. The molecule has 1 aliphatic rings. The van der Waals surface area contributed by atoms with E-state index in [1.807, 2.05) is 6.92 Å². The lowest BCUT2D eigenvalue weighted by molar-refractivity contribution is -0.137. The van der Waals surface area contributed by atoms with Crippen LogP contribution in [0.4, 0.5) is 24.7 Å². The molecule has 2 atom stereocenters. The molecule has 4 rings (SSSR count). The number of amides is 1. The molecular formula is C21H17ClF3N5O2. The third-order valence-electron chi connectivity index (χ3n) is 5.37. The average Bonchev–Trinajstić information content (AvgIpc) is 3.14. The maximum absolute atomic E-state index is 13.3. The maximum Gasteiger partial charge on any atom is 0.417 e. The van der Waals surface area contributed by atoms with Crippen molar-refractivity contribution in [1.82, 2.24) is 14.8 Å². The number of alkyl halides is 3. The zero-order valence-electron chi connectivity index (χ0n) is 16.7. The predicted molar refractivity (Wildman–Crippen MR) is 112 cm³/mol. The number of aromatic nitrogens is 3. The molecule has 0 saturated heterocycles. The summed E-state index contributed by atoms with van der Waals surface area (Å²) in [5.74, 6) is -1.66. The molecular weight excluding hydrogens is 447 g/mol. The molecule has 0 aliphatic carbocycles. The smallest absolute Gasteiger partial charge is 0.383 e. The molecule has 3 heterocycles. The van der Waals surface area contributed by atoms with Crippen LogP contribution in [0.15, 0.2) is 42.7 Å². The van der Waals surface area contributed by atoms with E-state index < -0.39 is 28.6 Å². The molecule has 3 N–H and O–H groups in total. The average molecular weight is 464 g/mol. The van der Waals surface area contributed by atoms with E-state index in [4.69, 9.17) is 17.3 Å². The first-order chi connectivity index (χ1) is 15.1. The molecule has 0 radical (unpaired) electrons. The quantitative estimate of drug-likeness (QED) is 0.585. The van der Waals surface area contributed by atoms with Crippen LogP contribution in [-0.4, -0.2) is 26.5 Å². The van der Waals surface area contributed by atoms with Crippen molar-refractivity contribution in [2.75, 3.05) is 11.1 Å². The summed E-state index contributed by atoms with van der Waals surface area (Å²) in [6, 6.07) is 6.09. The first-order valence-electron chi connectivity index (χ1n) is 9.58. The number of rotatable bonds is 3. The van der Waals surface area contributed by atoms with E-state index in [-0.39, 0.29) is 34.6 Å². The number of nitrogens with two attached hydrogens (primary N) is 1. The van der Waals surface area contributed by atoms with Crippen LogP contribution in [0.1, 0.15) is 57.3 Å². The van der Waals surface area contributed by atoms with E-state index >= 15 is 0 Å². The van der Waals surface area contributed by atoms with Gasteiger partial charge in [-0.25, -0.2) is 4.98 Å². The van der Waals surface area contributed by atoms with Crippen LogP contribution in [0, 0.1) is 0 Å². The zero-order chi connectivity index (χ0) is 23.2. The summed E-state index contributed by atoms with van der Waals surface area (Å²) in [7, 11) is 0. The summed E-state index contributed by atoms with van der Waals surface area (Å²) in [5.41, 5.74) is 5.60. The molecule has 11 heteroatoms. The highest BCUT2D eigenvalue weighted by atomic mass is 35.5. The molecule has 2 aromatic heterocycles. The summed E-state index contributed by atoms with van der Waals surface area (Å²) < 4.78 is 40.6. The molecule has 0 spiro atoms. The standard InChI is InChI=1S/C21H17ClF3N5O2/c1-10-7-13(11-4-5-14(15(22)8-11)21(23,24)25)18(31)17-16(9-28-30(10)17)29-20(32)12-3-2-6-27-19(12)26/h2-6,8-10,13H,7H2,1H3,(H2,26,27)(H,29,32)/t10-,13?/m0/s1. The van der Waals surface area contributed by atoms with E-state index in [0.29, 0.717) is 12.0 Å². The lowest BCUT2D eigenvalue weighted by Crippen LogP contribution is -2.29. The SMILES string of the molecule is C[C@H]1CC(c2ccc(C(F)(F)F)c(Cl)c2)C(=O)c2c(NC(=O)c3cccnc3N)cnn21. The zero-order valence-corrected chi connectivity index (χ0v) is 17.4. The number of hydrogen-bond donors (Lipinski definition) is 2. The number of Topliss-reactive ketones (excluding diaryl/α,β-unsaturated/α-hetero) is 1. The van der Waals surface area contributed by atoms with E-state index in [9.17, 15) is 22.8 Å². The number of carbonyl (C=O) groups excluding carboxylic acids is 2. The summed E-state index contributed by atoms with van der Waals surface area (Å²) >= 11 is 5.86. The number of hydrogen-bond acceptors (Lipinski definition) is 5. The third kappa shape index (κ3) is 3.81. The van der Waals surface area contributed by atoms with Crippen LogP contribution in [0.3, 0.4) is 0 Å². The topological polar surface area (TPSA) is 103 Å². The Kier molecular flexibility index (Phi) is 5.41. The van der Waals surface area contributed by atoms with Crippen molar-refractivity contribution in [3.63, 3.8) is 0 Å². The van der Waals surface area contributed by atoms with Crippen LogP contribution in [0.2, 0.25) is 5.02 Å². The van der Waals surface area contributed by atoms with Gasteiger partial charge in [-0.15, -0.1) is 0 Å². The highest BCUT2D eigenvalue weighted by Crippen LogP contribution is 2.41. The van der Waals surface area contributed by atoms with Gasteiger partial charge in [0.05, 0.1) is 40.0 Å². The fraction of sp³-hybridized carbons (Fsp3) is 0.238. The number of carbonyl (C=O) groups is 2. The largest absolute Gasteiger partial charge is 0.417 e. The summed E-state index contributed by atoms with van der Waals surface area (Å²) in [4.78, 5) is 29.8. The van der Waals surface area contributed by atoms with Gasteiger partial charge >= 0.3 is 6.18 Å². The Labute approximate surface area is 185 Å². The predicted octanol–water partition coefficient (Wildman–Crippen LogP) is 4.72. The molecule has 1 unspecified atom stereocenters. The number of halogens is 4. The van der Waals surface area contributed by atoms with Gasteiger partial charge in [0.2, 0.25) is 0 Å². The first kappa shape index (κ1) is 21.8. The van der Waals surface area contributed by atoms with Crippen LogP contribution in [-0.2, 0) is 6.18 Å². The van der Waals surface area contributed by atoms with Gasteiger partial charge in [0.15, 0.2) is 5.78 Å². The Morgan fingerprint density at radius 2 is 2.06 bits per heavy atom. The number of anilines is 2. The number of nitrogen functional groups attached to an aromatic ring is 1. The van der Waals surface area contributed by atoms with Gasteiger partial charge in [-0.2, -0.15) is 18.3 Å². The minimum absolute atomic E-state index is 0.0306. The van der Waals surface area contributed by atoms with Crippen molar-refractivity contribution in [1.29, 1.82) is 0 Å². The number of fused-ring (bicyclic) bond motifs is 1. The Morgan fingerprint density at radius 3 is 2.72 bits per heavy atom. The van der Waals surface area contributed by atoms with Crippen molar-refractivity contribution in [3.8, 4) is 0 Å². The van der Waals surface area contributed by atoms with Crippen LogP contribution >= 0.6 is 11.6 Å². The third-order valence-corrected chi connectivity index (χ3v) is 5.68. The monoisotopic (exact) mass is 463 g/mol. The van der Waals surface area contributed by atoms with Gasteiger partial charge in [-0.3, -0.25) is 14.3 Å². The van der Waals surface area contributed by atoms with Crippen molar-refractivity contribution in [2.45, 2.75) is 31.5 Å². The van der Waals surface area contributed by atoms with Gasteiger partial charge in [0.25, 0.3) is 5.91 Å². The number of pyridine rings is 1. The molecule has 166 valence electrons. The van der Waals surface area contributed by atoms with Gasteiger partial charge in [0, 0.05) is 6.20 Å². The van der Waals surface area contributed by atoms with Crippen LogP contribution in [0.25, 0.3) is 0 Å². The Morgan fingerprint density at radius 1 is 1.31 bits per heavy atom. The van der Waals surface area contributed by atoms with Crippen molar-refractivity contribution >= 4 is 34.8 Å². The van der Waals surface area contributed by atoms with Gasteiger partial charge in [-0.05, 0) is 43.2 Å². The second kappa shape index (κ2) is 7.94. The maximum atomic E-state index is 13.3. The van der Waals surface area contributed by atoms with Crippen LogP contribution in [0.5, 0.6) is 0 Å². The minimum Gasteiger partial charge on any atom is -0.383 e. The summed E-state index contributed by atoms with van der Waals surface area (Å²) in [6.07, 6.45) is -1.48. The molecule has 1 aromatic carbocycles. The van der Waals surface area contributed by atoms with E-state index in [2.05, 4.69) is 15.4 Å². The highest BCUT2D eigenvalue weighted by Gasteiger charge is 2.38. The highest BCUT2D eigenvalue weighted by molar-refractivity contribution is 6.31. The Hall–Kier alpha value is -3.40. The van der Waals surface area contributed by atoms with Crippen molar-refractivity contribution in [3.05, 3.63) is 70.1 Å². The molecule has 32 heavy (non-hydrogen) atoms. The van der Waals surface area contributed by atoms with Crippen LogP contribution < -0.4 is 11.1 Å². The second-order valence-corrected chi connectivity index (χ2v) is 7.89. The summed E-state index contributed by atoms with van der Waals surface area (Å²) in [5, 5.41) is 6.36. The molecule has 7 nitrogen and oxygen atoms in total. The fourth-order valence-corrected chi connectivity index (χ4v) is 4.11. The lowest BCUT2D eigenvalue weighted by atomic mass is 9.84. The minimum atomic E-state index is -4.59. The van der Waals surface area contributed by atoms with Gasteiger partial charge in [0.1, 0.15) is 11.5 Å². The Balaban J connectivity index is 1.67. The molecule has 0 saturated carbocycles. The van der Waals surface area contributed by atoms with E-state index in [1.165, 1.54) is 35.3 Å². The van der Waals surface area contributed by atoms with E-state index in [1.54, 1.807) is 6.07 Å². The molecule has 1 amide bonds. The van der Waals surface area contributed by atoms with Gasteiger partial charge < -0.3 is 11.1 Å². The Bertz CT molecular complexity index is 1220. The molecule has 0 bridgehead atoms. The summed E-state index contributed by atoms with van der Waals surface area (Å²) in [6.45, 7) is 1.83. The molecule has 1 aliphatic heterocycles. The number of nitrogens with zero attached hydrogens (tertiary/aromatic N) is 3.